The molecule has 0 atom stereocenters. The van der Waals surface area contributed by atoms with Gasteiger partial charge in [-0.3, -0.25) is 4.79 Å². The maximum absolute atomic E-state index is 12.7. The second kappa shape index (κ2) is 7.43. The monoisotopic (exact) mass is 291 g/mol. The maximum atomic E-state index is 12.7. The molecule has 1 N–H and O–H groups in total. The van der Waals surface area contributed by atoms with Gasteiger partial charge in [-0.05, 0) is 32.4 Å². The molecule has 0 radical (unpaired) electrons. The summed E-state index contributed by atoms with van der Waals surface area (Å²) in [5, 5.41) is 3.22. The number of pyridine rings is 1. The summed E-state index contributed by atoms with van der Waals surface area (Å²) in [7, 11) is 0. The number of hydrogen-bond acceptors (Lipinski definition) is 3. The van der Waals surface area contributed by atoms with Crippen molar-refractivity contribution in [3.63, 3.8) is 0 Å². The molecular weight excluding hydrogens is 262 g/mol. The van der Waals surface area contributed by atoms with E-state index in [0.29, 0.717) is 0 Å². The molecule has 0 aliphatic carbocycles. The first-order chi connectivity index (χ1) is 9.83. The van der Waals surface area contributed by atoms with Gasteiger partial charge in [0.1, 0.15) is 5.82 Å². The molecule has 4 nitrogen and oxygen atoms in total. The van der Waals surface area contributed by atoms with Gasteiger partial charge in [0, 0.05) is 36.3 Å². The summed E-state index contributed by atoms with van der Waals surface area (Å²) in [6, 6.07) is 3.79. The van der Waals surface area contributed by atoms with E-state index in [9.17, 15) is 4.79 Å². The van der Waals surface area contributed by atoms with Crippen LogP contribution in [0.2, 0.25) is 0 Å². The smallest absolute Gasteiger partial charge is 0.254 e. The lowest BCUT2D eigenvalue weighted by Gasteiger charge is -2.23. The summed E-state index contributed by atoms with van der Waals surface area (Å²) < 4.78 is 0. The number of amides is 1. The minimum Gasteiger partial charge on any atom is -0.370 e. The largest absolute Gasteiger partial charge is 0.370 e. The molecule has 0 fully saturated rings. The van der Waals surface area contributed by atoms with E-state index in [1.54, 1.807) is 0 Å². The highest BCUT2D eigenvalue weighted by atomic mass is 16.2. The van der Waals surface area contributed by atoms with E-state index in [2.05, 4.69) is 38.0 Å². The van der Waals surface area contributed by atoms with E-state index >= 15 is 0 Å². The van der Waals surface area contributed by atoms with Gasteiger partial charge in [-0.15, -0.1) is 0 Å². The summed E-state index contributed by atoms with van der Waals surface area (Å²) >= 11 is 0. The Balaban J connectivity index is 3.21. The van der Waals surface area contributed by atoms with Crippen LogP contribution in [0.15, 0.2) is 12.1 Å². The Morgan fingerprint density at radius 3 is 2.38 bits per heavy atom. The number of rotatable bonds is 6. The van der Waals surface area contributed by atoms with Gasteiger partial charge in [-0.2, -0.15) is 0 Å². The first-order valence-corrected chi connectivity index (χ1v) is 7.89. The third-order valence-corrected chi connectivity index (χ3v) is 3.36. The lowest BCUT2D eigenvalue weighted by atomic mass is 9.90. The first-order valence-electron chi connectivity index (χ1n) is 7.89. The van der Waals surface area contributed by atoms with Crippen LogP contribution in [0, 0.1) is 0 Å². The fourth-order valence-corrected chi connectivity index (χ4v) is 2.17. The number of hydrogen-bond donors (Lipinski definition) is 1. The zero-order valence-corrected chi connectivity index (χ0v) is 14.3. The third-order valence-electron chi connectivity index (χ3n) is 3.36. The normalized spacial score (nSPS) is 11.3. The van der Waals surface area contributed by atoms with Crippen LogP contribution in [0.5, 0.6) is 0 Å². The molecule has 0 spiro atoms. The van der Waals surface area contributed by atoms with Crippen LogP contribution >= 0.6 is 0 Å². The summed E-state index contributed by atoms with van der Waals surface area (Å²) in [6.45, 7) is 14.8. The predicted molar refractivity (Wildman–Crippen MR) is 89.0 cm³/mol. The number of nitrogens with zero attached hydrogens (tertiary/aromatic N) is 2. The van der Waals surface area contributed by atoms with Crippen LogP contribution in [0.25, 0.3) is 0 Å². The zero-order chi connectivity index (χ0) is 16.0. The van der Waals surface area contributed by atoms with Crippen LogP contribution < -0.4 is 5.32 Å². The van der Waals surface area contributed by atoms with Gasteiger partial charge < -0.3 is 10.2 Å². The summed E-state index contributed by atoms with van der Waals surface area (Å²) in [4.78, 5) is 19.2. The van der Waals surface area contributed by atoms with Gasteiger partial charge in [-0.25, -0.2) is 4.98 Å². The molecule has 0 aliphatic heterocycles. The highest BCUT2D eigenvalue weighted by Crippen LogP contribution is 2.24. The van der Waals surface area contributed by atoms with Gasteiger partial charge in [-0.1, -0.05) is 27.7 Å². The average Bonchev–Trinajstić information content (AvgIpc) is 2.43. The van der Waals surface area contributed by atoms with E-state index in [-0.39, 0.29) is 11.3 Å². The number of aromatic nitrogens is 1. The van der Waals surface area contributed by atoms with Crippen molar-refractivity contribution in [2.45, 2.75) is 53.4 Å². The fourth-order valence-electron chi connectivity index (χ4n) is 2.17. The van der Waals surface area contributed by atoms with E-state index in [1.807, 2.05) is 30.9 Å². The van der Waals surface area contributed by atoms with Gasteiger partial charge in [0.25, 0.3) is 5.91 Å². The Kier molecular flexibility index (Phi) is 6.19. The highest BCUT2D eigenvalue weighted by Gasteiger charge is 2.21. The van der Waals surface area contributed by atoms with Crippen molar-refractivity contribution in [1.29, 1.82) is 0 Å². The van der Waals surface area contributed by atoms with Crippen LogP contribution in [0.3, 0.4) is 0 Å². The lowest BCUT2D eigenvalue weighted by Crippen LogP contribution is -2.32. The van der Waals surface area contributed by atoms with Crippen molar-refractivity contribution < 1.29 is 4.79 Å². The van der Waals surface area contributed by atoms with E-state index in [0.717, 1.165) is 43.1 Å². The van der Waals surface area contributed by atoms with E-state index < -0.39 is 0 Å². The predicted octanol–water partition coefficient (Wildman–Crippen LogP) is 3.68. The van der Waals surface area contributed by atoms with Gasteiger partial charge in [0.15, 0.2) is 0 Å². The molecule has 1 aromatic rings. The number of carbonyl (C=O) groups excluding carboxylic acids is 1. The van der Waals surface area contributed by atoms with Crippen molar-refractivity contribution in [2.24, 2.45) is 0 Å². The molecule has 1 aromatic heterocycles. The lowest BCUT2D eigenvalue weighted by molar-refractivity contribution is 0.0764. The summed E-state index contributed by atoms with van der Waals surface area (Å²) in [5.74, 6) is 0.868. The third kappa shape index (κ3) is 4.73. The Labute approximate surface area is 129 Å². The summed E-state index contributed by atoms with van der Waals surface area (Å²) in [5.41, 5.74) is 1.58. The van der Waals surface area contributed by atoms with Gasteiger partial charge >= 0.3 is 0 Å². The molecule has 1 rings (SSSR count). The molecule has 1 amide bonds. The molecule has 0 saturated heterocycles. The molecule has 4 heteroatoms. The average molecular weight is 291 g/mol. The molecule has 0 bridgehead atoms. The minimum atomic E-state index is -0.0811. The maximum Gasteiger partial charge on any atom is 0.254 e. The summed E-state index contributed by atoms with van der Waals surface area (Å²) in [6.07, 6.45) is 0.969. The van der Waals surface area contributed by atoms with Crippen molar-refractivity contribution in [3.8, 4) is 0 Å². The molecule has 0 unspecified atom stereocenters. The quantitative estimate of drug-likeness (QED) is 0.869. The number of anilines is 1. The molecule has 0 aliphatic rings. The van der Waals surface area contributed by atoms with E-state index in [1.165, 1.54) is 0 Å². The molecule has 118 valence electrons. The molecule has 0 saturated carbocycles. The Morgan fingerprint density at radius 2 is 1.90 bits per heavy atom. The van der Waals surface area contributed by atoms with Crippen LogP contribution in [-0.4, -0.2) is 35.4 Å². The SMILES string of the molecule is CCCN(CC)C(=O)c1cc(NCC)nc(C(C)(C)C)c1. The highest BCUT2D eigenvalue weighted by molar-refractivity contribution is 5.95. The number of carbonyl (C=O) groups is 1. The molecule has 1 heterocycles. The minimum absolute atomic E-state index is 0.0811. The van der Waals surface area contributed by atoms with Crippen molar-refractivity contribution >= 4 is 11.7 Å². The van der Waals surface area contributed by atoms with Crippen molar-refractivity contribution in [2.75, 3.05) is 25.0 Å². The van der Waals surface area contributed by atoms with Gasteiger partial charge in [0.05, 0.1) is 0 Å². The van der Waals surface area contributed by atoms with Crippen LogP contribution in [-0.2, 0) is 5.41 Å². The zero-order valence-electron chi connectivity index (χ0n) is 14.3. The second-order valence-corrected chi connectivity index (χ2v) is 6.29. The van der Waals surface area contributed by atoms with Crippen LogP contribution in [0.4, 0.5) is 5.82 Å². The fraction of sp³-hybridized carbons (Fsp3) is 0.647. The molecule has 21 heavy (non-hydrogen) atoms. The Hall–Kier alpha value is -1.58. The standard InChI is InChI=1S/C17H29N3O/c1-7-10-20(9-3)16(21)13-11-14(17(4,5)6)19-15(12-13)18-8-2/h11-12H,7-10H2,1-6H3,(H,18,19). The Bertz CT molecular complexity index is 477. The number of nitrogens with one attached hydrogen (secondary N) is 1. The van der Waals surface area contributed by atoms with Gasteiger partial charge in [0.2, 0.25) is 0 Å². The first kappa shape index (κ1) is 17.5. The molecule has 0 aromatic carbocycles. The Morgan fingerprint density at radius 1 is 1.24 bits per heavy atom. The molecular formula is C17H29N3O. The van der Waals surface area contributed by atoms with Crippen molar-refractivity contribution in [3.05, 3.63) is 23.4 Å². The van der Waals surface area contributed by atoms with E-state index in [4.69, 9.17) is 0 Å². The van der Waals surface area contributed by atoms with Crippen molar-refractivity contribution in [1.82, 2.24) is 9.88 Å². The second-order valence-electron chi connectivity index (χ2n) is 6.29. The van der Waals surface area contributed by atoms with Crippen LogP contribution in [0.1, 0.15) is 64.0 Å². The topological polar surface area (TPSA) is 45.2 Å².